The van der Waals surface area contributed by atoms with E-state index in [9.17, 15) is 9.59 Å². The summed E-state index contributed by atoms with van der Waals surface area (Å²) in [5.74, 6) is 2.10. The van der Waals surface area contributed by atoms with Crippen LogP contribution in [0.15, 0.2) is 42.5 Å². The Balaban J connectivity index is 1.16. The van der Waals surface area contributed by atoms with E-state index >= 15 is 0 Å². The number of hydrogen-bond acceptors (Lipinski definition) is 5. The molecule has 6 bridgehead atoms. The summed E-state index contributed by atoms with van der Waals surface area (Å²) < 4.78 is 0. The topological polar surface area (TPSA) is 68.4 Å². The van der Waals surface area contributed by atoms with Crippen LogP contribution < -0.4 is 10.2 Å². The van der Waals surface area contributed by atoms with Crippen LogP contribution in [0.3, 0.4) is 0 Å². The molecule has 46 heavy (non-hydrogen) atoms. The van der Waals surface area contributed by atoms with Crippen molar-refractivity contribution < 1.29 is 9.59 Å². The molecule has 0 radical (unpaired) electrons. The van der Waals surface area contributed by atoms with Crippen molar-refractivity contribution in [3.63, 3.8) is 0 Å². The van der Waals surface area contributed by atoms with Gasteiger partial charge in [0.05, 0.1) is 22.8 Å². The lowest BCUT2D eigenvalue weighted by Crippen LogP contribution is -2.73. The number of piperidine rings is 3. The second kappa shape index (κ2) is 7.68. The third-order valence-corrected chi connectivity index (χ3v) is 16.0. The van der Waals surface area contributed by atoms with Gasteiger partial charge in [-0.1, -0.05) is 44.2 Å². The molecule has 6 fully saturated rings. The van der Waals surface area contributed by atoms with Crippen LogP contribution in [0.5, 0.6) is 0 Å². The zero-order chi connectivity index (χ0) is 31.5. The Hall–Kier alpha value is -2.96. The van der Waals surface area contributed by atoms with E-state index in [0.717, 1.165) is 25.7 Å². The molecule has 5 heterocycles. The third kappa shape index (κ3) is 2.60. The number of hydrogen-bond donors (Lipinski definition) is 2. The molecule has 10 atom stereocenters. The normalized spacial score (nSPS) is 44.9. The van der Waals surface area contributed by atoms with E-state index in [1.54, 1.807) is 0 Å². The quantitative estimate of drug-likeness (QED) is 0.318. The largest absolute Gasteiger partial charge is 0.356 e. The van der Waals surface area contributed by atoms with Crippen molar-refractivity contribution in [1.29, 1.82) is 0 Å². The van der Waals surface area contributed by atoms with Crippen molar-refractivity contribution in [2.75, 3.05) is 4.90 Å². The molecule has 1 unspecified atom stereocenters. The maximum Gasteiger partial charge on any atom is 0.138 e. The summed E-state index contributed by atoms with van der Waals surface area (Å²) in [5.41, 5.74) is 7.08. The number of aromatic nitrogens is 1. The molecule has 4 aliphatic heterocycles. The first-order valence-electron chi connectivity index (χ1n) is 18.0. The van der Waals surface area contributed by atoms with Gasteiger partial charge >= 0.3 is 0 Å². The number of aromatic amines is 1. The van der Waals surface area contributed by atoms with E-state index in [2.05, 4.69) is 104 Å². The van der Waals surface area contributed by atoms with Crippen molar-refractivity contribution in [2.45, 2.75) is 120 Å². The van der Waals surface area contributed by atoms with E-state index in [1.165, 1.54) is 39.1 Å². The van der Waals surface area contributed by atoms with Crippen LogP contribution in [0.2, 0.25) is 0 Å². The minimum atomic E-state index is -0.193. The van der Waals surface area contributed by atoms with Crippen molar-refractivity contribution in [3.05, 3.63) is 59.3 Å². The number of para-hydroxylation sites is 2. The maximum atomic E-state index is 14.0. The number of H-pyrrole nitrogens is 1. The molecule has 3 saturated heterocycles. The number of anilines is 2. The maximum absolute atomic E-state index is 14.0. The van der Waals surface area contributed by atoms with Gasteiger partial charge in [-0.05, 0) is 82.1 Å². The Kier molecular flexibility index (Phi) is 4.51. The summed E-state index contributed by atoms with van der Waals surface area (Å²) >= 11 is 0. The van der Waals surface area contributed by atoms with Crippen molar-refractivity contribution >= 4 is 33.8 Å². The Morgan fingerprint density at radius 2 is 1.57 bits per heavy atom. The highest BCUT2D eigenvalue weighted by Crippen LogP contribution is 2.79. The average molecular weight is 615 g/mol. The molecule has 11 rings (SSSR count). The van der Waals surface area contributed by atoms with Crippen LogP contribution >= 0.6 is 0 Å². The van der Waals surface area contributed by atoms with E-state index < -0.39 is 0 Å². The first-order valence-corrected chi connectivity index (χ1v) is 18.0. The fourth-order valence-electron chi connectivity index (χ4n) is 14.3. The Morgan fingerprint density at radius 1 is 0.826 bits per heavy atom. The number of rotatable bonds is 1. The SMILES string of the molecule is CC1(C)N[C@@H]2Cc3[nH]c4c(N5c6ccccc6[C@@H]6N7[C@@H]8C[C@@]65[C@]5(C)CC(=O)C(C[C@H]85)C7(C)C)cccc4c3[C@]3(C)CC(=O)[C@H]1C[C@H]23. The van der Waals surface area contributed by atoms with Crippen molar-refractivity contribution in [2.24, 2.45) is 29.1 Å². The summed E-state index contributed by atoms with van der Waals surface area (Å²) in [5, 5.41) is 5.26. The molecule has 2 N–H and O–H groups in total. The highest BCUT2D eigenvalue weighted by molar-refractivity contribution is 6.00. The predicted octanol–water partition coefficient (Wildman–Crippen LogP) is 6.74. The lowest BCUT2D eigenvalue weighted by molar-refractivity contribution is -0.176. The Bertz CT molecular complexity index is 1960. The number of nitrogens with zero attached hydrogens (tertiary/aromatic N) is 2. The van der Waals surface area contributed by atoms with E-state index in [-0.39, 0.29) is 45.3 Å². The van der Waals surface area contributed by atoms with Gasteiger partial charge in [-0.25, -0.2) is 0 Å². The van der Waals surface area contributed by atoms with Gasteiger partial charge in [0.25, 0.3) is 0 Å². The molecule has 238 valence electrons. The highest BCUT2D eigenvalue weighted by atomic mass is 16.1. The molecular weight excluding hydrogens is 568 g/mol. The summed E-state index contributed by atoms with van der Waals surface area (Å²) in [4.78, 5) is 37.5. The van der Waals surface area contributed by atoms with Crippen LogP contribution in [-0.2, 0) is 21.4 Å². The molecule has 1 aromatic heterocycles. The van der Waals surface area contributed by atoms with Crippen molar-refractivity contribution in [3.8, 4) is 0 Å². The summed E-state index contributed by atoms with van der Waals surface area (Å²) in [6.45, 7) is 14.1. The summed E-state index contributed by atoms with van der Waals surface area (Å²) in [6, 6.07) is 17.2. The zero-order valence-corrected chi connectivity index (χ0v) is 28.0. The molecule has 3 saturated carbocycles. The average Bonchev–Trinajstić information content (AvgIpc) is 3.69. The first kappa shape index (κ1) is 27.0. The van der Waals surface area contributed by atoms with Gasteiger partial charge in [0.15, 0.2) is 0 Å². The second-order valence-electron chi connectivity index (χ2n) is 18.3. The molecule has 0 amide bonds. The van der Waals surface area contributed by atoms with Crippen molar-refractivity contribution in [1.82, 2.24) is 15.2 Å². The van der Waals surface area contributed by atoms with Crippen LogP contribution in [0, 0.1) is 29.1 Å². The third-order valence-electron chi connectivity index (χ3n) is 16.0. The van der Waals surface area contributed by atoms with Crippen LogP contribution in [-0.4, -0.2) is 50.2 Å². The summed E-state index contributed by atoms with van der Waals surface area (Å²) in [6.07, 6.45) is 5.39. The lowest BCUT2D eigenvalue weighted by Gasteiger charge is -2.66. The van der Waals surface area contributed by atoms with Gasteiger partial charge in [0.2, 0.25) is 0 Å². The Morgan fingerprint density at radius 3 is 2.39 bits per heavy atom. The van der Waals surface area contributed by atoms with Crippen LogP contribution in [0.1, 0.15) is 96.5 Å². The summed E-state index contributed by atoms with van der Waals surface area (Å²) in [7, 11) is 0. The van der Waals surface area contributed by atoms with Gasteiger partial charge in [-0.15, -0.1) is 0 Å². The van der Waals surface area contributed by atoms with E-state index in [1.807, 2.05) is 0 Å². The predicted molar refractivity (Wildman–Crippen MR) is 179 cm³/mol. The number of carbonyl (C=O) groups excluding carboxylic acids is 2. The number of Topliss-reactive ketones (excluding diaryl/α,β-unsaturated/α-hetero) is 2. The minimum absolute atomic E-state index is 0.0937. The minimum Gasteiger partial charge on any atom is -0.356 e. The number of benzene rings is 2. The fraction of sp³-hybridized carbons (Fsp3) is 0.600. The monoisotopic (exact) mass is 614 g/mol. The molecule has 4 aliphatic carbocycles. The molecular formula is C40H46N4O2. The molecule has 3 aromatic rings. The standard InChI is InChI=1S/C40H46N4O2/c1-36(2)24-14-22-26(42-36)16-27-33(38(22,5)18-31(24)45)21-11-9-13-29(34(21)41-27)43-28-12-8-7-10-20(28)35-40(43)17-30-23-15-25(37(3,4)44(30)35)32(46)19-39(23,40)6/h7-13,22-26,30,35,41-42H,14-19H2,1-6H3/t22-,23-,24-,25?,26-,30-,35+,38-,39-,40+/m1/s1. The Labute approximate surface area is 271 Å². The van der Waals surface area contributed by atoms with Gasteiger partial charge in [-0.3, -0.25) is 14.5 Å². The smallest absolute Gasteiger partial charge is 0.138 e. The number of carbonyl (C=O) groups is 2. The van der Waals surface area contributed by atoms with E-state index in [4.69, 9.17) is 0 Å². The van der Waals surface area contributed by atoms with Crippen LogP contribution in [0.4, 0.5) is 11.4 Å². The van der Waals surface area contributed by atoms with Gasteiger partial charge in [0.1, 0.15) is 11.6 Å². The first-order chi connectivity index (χ1) is 21.8. The van der Waals surface area contributed by atoms with Gasteiger partial charge < -0.3 is 15.2 Å². The van der Waals surface area contributed by atoms with Gasteiger partial charge in [-0.2, -0.15) is 0 Å². The molecule has 8 aliphatic rings. The molecule has 1 spiro atoms. The lowest BCUT2D eigenvalue weighted by atomic mass is 9.50. The highest BCUT2D eigenvalue weighted by Gasteiger charge is 2.82. The molecule has 2 aromatic carbocycles. The number of ketones is 2. The number of fused-ring (bicyclic) bond motifs is 9. The molecule has 6 nitrogen and oxygen atoms in total. The van der Waals surface area contributed by atoms with Gasteiger partial charge in [0, 0.05) is 81.9 Å². The second-order valence-corrected chi connectivity index (χ2v) is 18.3. The van der Waals surface area contributed by atoms with Crippen LogP contribution in [0.25, 0.3) is 10.9 Å². The zero-order valence-electron chi connectivity index (χ0n) is 28.0. The van der Waals surface area contributed by atoms with E-state index in [0.29, 0.717) is 48.3 Å². The fourth-order valence-corrected chi connectivity index (χ4v) is 14.3. The number of nitrogens with one attached hydrogen (secondary N) is 2. The molecule has 6 heteroatoms.